The quantitative estimate of drug-likeness (QED) is 0.281. The molecule has 34 heavy (non-hydrogen) atoms. The van der Waals surface area contributed by atoms with Crippen molar-refractivity contribution >= 4 is 23.7 Å². The Balaban J connectivity index is 0.000000852. The maximum Gasteiger partial charge on any atom is 0.222 e. The van der Waals surface area contributed by atoms with Gasteiger partial charge in [-0.25, -0.2) is 9.97 Å². The number of aromatic nitrogens is 2. The van der Waals surface area contributed by atoms with Gasteiger partial charge in [-0.15, -0.1) is 11.8 Å². The zero-order valence-electron chi connectivity index (χ0n) is 21.8. The molecule has 0 fully saturated rings. The van der Waals surface area contributed by atoms with Crippen molar-refractivity contribution in [1.82, 2.24) is 9.97 Å². The molecule has 0 aliphatic heterocycles. The molecular formula is C28H42N4OS. The molecular weight excluding hydrogens is 440 g/mol. The number of nitrogens with zero attached hydrogens (tertiary/aromatic N) is 2. The summed E-state index contributed by atoms with van der Waals surface area (Å²) < 4.78 is 5.64. The Morgan fingerprint density at radius 1 is 1.26 bits per heavy atom. The summed E-state index contributed by atoms with van der Waals surface area (Å²) in [5, 5.41) is 13.2. The van der Waals surface area contributed by atoms with Gasteiger partial charge in [0, 0.05) is 29.5 Å². The summed E-state index contributed by atoms with van der Waals surface area (Å²) >= 11 is 1.63. The monoisotopic (exact) mass is 482 g/mol. The fourth-order valence-electron chi connectivity index (χ4n) is 3.12. The van der Waals surface area contributed by atoms with Crippen LogP contribution in [0.2, 0.25) is 0 Å². The van der Waals surface area contributed by atoms with Crippen LogP contribution < -0.4 is 10.1 Å². The lowest BCUT2D eigenvalue weighted by Crippen LogP contribution is -2.07. The average Bonchev–Trinajstić information content (AvgIpc) is 2.82. The molecule has 2 heterocycles. The molecule has 0 aliphatic rings. The molecule has 6 heteroatoms. The Kier molecular flexibility index (Phi) is 14.7. The molecule has 0 aliphatic carbocycles. The highest BCUT2D eigenvalue weighted by Gasteiger charge is 2.13. The van der Waals surface area contributed by atoms with E-state index in [-0.39, 0.29) is 0 Å². The van der Waals surface area contributed by atoms with Gasteiger partial charge in [0.1, 0.15) is 0 Å². The molecule has 2 aromatic heterocycles. The van der Waals surface area contributed by atoms with Crippen molar-refractivity contribution in [3.8, 4) is 17.1 Å². The third kappa shape index (κ3) is 10.6. The van der Waals surface area contributed by atoms with E-state index in [0.717, 1.165) is 46.2 Å². The average molecular weight is 483 g/mol. The number of pyridine rings is 2. The first-order valence-electron chi connectivity index (χ1n) is 12.2. The van der Waals surface area contributed by atoms with E-state index in [0.29, 0.717) is 24.7 Å². The largest absolute Gasteiger partial charge is 0.477 e. The Bertz CT molecular complexity index is 925. The van der Waals surface area contributed by atoms with Gasteiger partial charge in [-0.05, 0) is 55.4 Å². The van der Waals surface area contributed by atoms with Gasteiger partial charge in [0.25, 0.3) is 0 Å². The van der Waals surface area contributed by atoms with Crippen molar-refractivity contribution in [1.29, 1.82) is 5.41 Å². The maximum absolute atomic E-state index is 7.73. The molecule has 0 saturated heterocycles. The van der Waals surface area contributed by atoms with Crippen LogP contribution in [-0.4, -0.2) is 29.3 Å². The molecule has 0 radical (unpaired) electrons. The molecule has 2 N–H and O–H groups in total. The molecule has 2 aromatic rings. The van der Waals surface area contributed by atoms with E-state index in [2.05, 4.69) is 61.0 Å². The standard InChI is InChI=1S/C22H28N4OS.C6H14/c1-5-7-8-12-28-16(3)15-25-19-13-20(26-21(14-23)17(19)4)18-10-9-11-24-22(18)27-6-2;1-4-5-6(2)3/h8-14,23H,3,5-7,15H2,1-2,4H3,(H,25,26);6H,4-5H2,1-3H3/b12-8-,23-14?;. The summed E-state index contributed by atoms with van der Waals surface area (Å²) in [6.07, 6.45) is 10.1. The lowest BCUT2D eigenvalue weighted by atomic mass is 10.1. The molecule has 0 unspecified atom stereocenters. The topological polar surface area (TPSA) is 70.9 Å². The van der Waals surface area contributed by atoms with Gasteiger partial charge in [-0.1, -0.05) is 59.6 Å². The summed E-state index contributed by atoms with van der Waals surface area (Å²) in [5.74, 6) is 1.44. The zero-order chi connectivity index (χ0) is 25.3. The first-order valence-corrected chi connectivity index (χ1v) is 13.1. The minimum absolute atomic E-state index is 0.529. The second kappa shape index (κ2) is 16.9. The number of hydrogen-bond donors (Lipinski definition) is 2. The van der Waals surface area contributed by atoms with Crippen LogP contribution in [0.1, 0.15) is 71.6 Å². The van der Waals surface area contributed by atoms with Crippen LogP contribution in [0.3, 0.4) is 0 Å². The lowest BCUT2D eigenvalue weighted by molar-refractivity contribution is 0.328. The highest BCUT2D eigenvalue weighted by atomic mass is 32.2. The van der Waals surface area contributed by atoms with Gasteiger partial charge >= 0.3 is 0 Å². The van der Waals surface area contributed by atoms with Crippen LogP contribution in [0.25, 0.3) is 11.3 Å². The highest BCUT2D eigenvalue weighted by molar-refractivity contribution is 8.05. The van der Waals surface area contributed by atoms with Crippen molar-refractivity contribution in [2.75, 3.05) is 18.5 Å². The molecule has 0 amide bonds. The molecule has 186 valence electrons. The summed E-state index contributed by atoms with van der Waals surface area (Å²) in [5.41, 5.74) is 4.01. The van der Waals surface area contributed by atoms with Crippen molar-refractivity contribution in [2.45, 2.75) is 67.2 Å². The van der Waals surface area contributed by atoms with Crippen LogP contribution in [-0.2, 0) is 0 Å². The van der Waals surface area contributed by atoms with Crippen LogP contribution >= 0.6 is 11.8 Å². The third-order valence-electron chi connectivity index (χ3n) is 4.90. The van der Waals surface area contributed by atoms with Crippen LogP contribution in [0.4, 0.5) is 5.69 Å². The Hall–Kier alpha value is -2.60. The minimum atomic E-state index is 0.529. The molecule has 5 nitrogen and oxygen atoms in total. The molecule has 0 aromatic carbocycles. The van der Waals surface area contributed by atoms with Crippen molar-refractivity contribution < 1.29 is 4.74 Å². The zero-order valence-corrected chi connectivity index (χ0v) is 22.6. The van der Waals surface area contributed by atoms with Gasteiger partial charge in [-0.2, -0.15) is 0 Å². The lowest BCUT2D eigenvalue weighted by Gasteiger charge is -2.15. The number of thioether (sulfide) groups is 1. The molecule has 0 bridgehead atoms. The fourth-order valence-corrected chi connectivity index (χ4v) is 3.70. The van der Waals surface area contributed by atoms with Gasteiger partial charge in [0.2, 0.25) is 5.88 Å². The number of ether oxygens (including phenoxy) is 1. The predicted molar refractivity (Wildman–Crippen MR) is 150 cm³/mol. The summed E-state index contributed by atoms with van der Waals surface area (Å²) in [7, 11) is 0. The SMILES string of the molecule is C=C(CNc1cc(-c2cccnc2OCC)nc(C=N)c1C)S/C=C\CCC.CCCC(C)C. The Labute approximate surface area is 211 Å². The van der Waals surface area contributed by atoms with E-state index in [4.69, 9.17) is 10.1 Å². The summed E-state index contributed by atoms with van der Waals surface area (Å²) in [4.78, 5) is 9.96. The third-order valence-corrected chi connectivity index (χ3v) is 5.71. The number of nitrogens with one attached hydrogen (secondary N) is 2. The Morgan fingerprint density at radius 2 is 2.03 bits per heavy atom. The van der Waals surface area contributed by atoms with Crippen LogP contribution in [0.15, 0.2) is 47.4 Å². The van der Waals surface area contributed by atoms with E-state index in [1.165, 1.54) is 19.1 Å². The summed E-state index contributed by atoms with van der Waals surface area (Å²) in [6, 6.07) is 5.77. The van der Waals surface area contributed by atoms with Gasteiger partial charge in [-0.3, -0.25) is 0 Å². The van der Waals surface area contributed by atoms with Crippen LogP contribution in [0.5, 0.6) is 5.88 Å². The number of unbranched alkanes of at least 4 members (excludes halogenated alkanes) is 1. The summed E-state index contributed by atoms with van der Waals surface area (Å²) in [6.45, 7) is 18.1. The van der Waals surface area contributed by atoms with E-state index in [9.17, 15) is 0 Å². The fraction of sp³-hybridized carbons (Fsp3) is 0.464. The maximum atomic E-state index is 7.73. The smallest absolute Gasteiger partial charge is 0.222 e. The van der Waals surface area contributed by atoms with Crippen molar-refractivity contribution in [2.24, 2.45) is 5.92 Å². The molecule has 0 atom stereocenters. The number of hydrogen-bond acceptors (Lipinski definition) is 6. The highest BCUT2D eigenvalue weighted by Crippen LogP contribution is 2.31. The number of allylic oxidation sites excluding steroid dienone is 1. The second-order valence-electron chi connectivity index (χ2n) is 8.35. The van der Waals surface area contributed by atoms with Gasteiger partial charge in [0.05, 0.1) is 23.6 Å². The molecule has 0 spiro atoms. The predicted octanol–water partition coefficient (Wildman–Crippen LogP) is 8.26. The first-order chi connectivity index (χ1) is 16.4. The van der Waals surface area contributed by atoms with Gasteiger partial charge in [0.15, 0.2) is 0 Å². The van der Waals surface area contributed by atoms with E-state index < -0.39 is 0 Å². The number of anilines is 1. The molecule has 2 rings (SSSR count). The van der Waals surface area contributed by atoms with Crippen molar-refractivity contribution in [3.63, 3.8) is 0 Å². The van der Waals surface area contributed by atoms with Crippen molar-refractivity contribution in [3.05, 3.63) is 58.6 Å². The van der Waals surface area contributed by atoms with Gasteiger partial charge < -0.3 is 15.5 Å². The van der Waals surface area contributed by atoms with E-state index in [1.54, 1.807) is 18.0 Å². The van der Waals surface area contributed by atoms with Crippen LogP contribution in [0, 0.1) is 18.3 Å². The normalized spacial score (nSPS) is 10.7. The first kappa shape index (κ1) is 29.4. The Morgan fingerprint density at radius 3 is 2.62 bits per heavy atom. The number of rotatable bonds is 13. The minimum Gasteiger partial charge on any atom is -0.477 e. The van der Waals surface area contributed by atoms with E-state index in [1.807, 2.05) is 32.0 Å². The molecule has 0 saturated carbocycles. The van der Waals surface area contributed by atoms with E-state index >= 15 is 0 Å². The second-order valence-corrected chi connectivity index (χ2v) is 9.44.